The molecule has 1 fully saturated rings. The summed E-state index contributed by atoms with van der Waals surface area (Å²) in [6.07, 6.45) is 1.75. The minimum atomic E-state index is -0.919. The number of hydrogen-bond donors (Lipinski definition) is 1. The Labute approximate surface area is 221 Å². The molecule has 9 nitrogen and oxygen atoms in total. The Kier molecular flexibility index (Phi) is 5.61. The van der Waals surface area contributed by atoms with Crippen LogP contribution in [0.25, 0.3) is 21.6 Å². The molecule has 6 rings (SSSR count). The number of methoxy groups -OCH3 is 2. The Morgan fingerprint density at radius 3 is 2.45 bits per heavy atom. The highest BCUT2D eigenvalue weighted by atomic mass is 32.1. The number of imidazole rings is 1. The van der Waals surface area contributed by atoms with Crippen LogP contribution in [-0.4, -0.2) is 45.4 Å². The molecule has 0 spiro atoms. The molecule has 1 atom stereocenters. The highest BCUT2D eigenvalue weighted by Gasteiger charge is 2.48. The van der Waals surface area contributed by atoms with E-state index in [0.717, 1.165) is 4.70 Å². The number of thiazole rings is 1. The molecular formula is C28H22N4O5S. The molecule has 0 saturated carbocycles. The Bertz CT molecular complexity index is 1770. The normalized spacial score (nSPS) is 17.0. The zero-order valence-corrected chi connectivity index (χ0v) is 21.5. The number of Topliss-reactive ketones (excluding diaryl/α,β-unsaturated/α-hetero) is 1. The van der Waals surface area contributed by atoms with Crippen molar-refractivity contribution in [1.29, 1.82) is 0 Å². The zero-order chi connectivity index (χ0) is 26.6. The fraction of sp³-hybridized carbons (Fsp3) is 0.143. The maximum absolute atomic E-state index is 13.6. The standard InChI is InChI=1S/C28H22N4O5S/c1-15-23(31-13-5-4-6-21(31)29-15)25(33)22-24(16-7-9-17(36-2)10-8-16)32(27(35)26(22)34)28-30-19-12-11-18(37-3)14-20(19)38-28/h4-14,24,33H,1-3H3. The second-order valence-corrected chi connectivity index (χ2v) is 9.76. The van der Waals surface area contributed by atoms with Crippen molar-refractivity contribution in [1.82, 2.24) is 14.4 Å². The highest BCUT2D eigenvalue weighted by molar-refractivity contribution is 7.22. The molecule has 1 aliphatic rings. The molecule has 5 aromatic rings. The van der Waals surface area contributed by atoms with Crippen molar-refractivity contribution >= 4 is 49.8 Å². The first-order chi connectivity index (χ1) is 18.4. The fourth-order valence-electron chi connectivity index (χ4n) is 4.78. The van der Waals surface area contributed by atoms with Crippen LogP contribution in [-0.2, 0) is 9.59 Å². The number of fused-ring (bicyclic) bond motifs is 2. The predicted molar refractivity (Wildman–Crippen MR) is 144 cm³/mol. The van der Waals surface area contributed by atoms with Gasteiger partial charge in [-0.2, -0.15) is 0 Å². The van der Waals surface area contributed by atoms with Crippen LogP contribution in [0.3, 0.4) is 0 Å². The molecule has 1 saturated heterocycles. The average Bonchev–Trinajstić information content (AvgIpc) is 3.58. The van der Waals surface area contributed by atoms with Crippen LogP contribution in [0.1, 0.15) is 23.0 Å². The number of ether oxygens (including phenoxy) is 2. The van der Waals surface area contributed by atoms with Crippen molar-refractivity contribution in [2.75, 3.05) is 19.1 Å². The molecule has 38 heavy (non-hydrogen) atoms. The van der Waals surface area contributed by atoms with Crippen LogP contribution >= 0.6 is 11.3 Å². The Hall–Kier alpha value is -4.70. The van der Waals surface area contributed by atoms with E-state index in [2.05, 4.69) is 9.97 Å². The molecule has 1 unspecified atom stereocenters. The number of hydrogen-bond acceptors (Lipinski definition) is 8. The predicted octanol–water partition coefficient (Wildman–Crippen LogP) is 4.90. The van der Waals surface area contributed by atoms with Gasteiger partial charge >= 0.3 is 5.91 Å². The van der Waals surface area contributed by atoms with Crippen LogP contribution in [0.15, 0.2) is 72.4 Å². The summed E-state index contributed by atoms with van der Waals surface area (Å²) in [5.41, 5.74) is 2.74. The number of anilines is 1. The largest absolute Gasteiger partial charge is 0.505 e. The maximum atomic E-state index is 13.6. The van der Waals surface area contributed by atoms with Gasteiger partial charge < -0.3 is 14.6 Å². The summed E-state index contributed by atoms with van der Waals surface area (Å²) in [5.74, 6) is -0.596. The lowest BCUT2D eigenvalue weighted by Gasteiger charge is -2.23. The summed E-state index contributed by atoms with van der Waals surface area (Å²) in [5, 5.41) is 12.0. The minimum absolute atomic E-state index is 0.0363. The third-order valence-electron chi connectivity index (χ3n) is 6.59. The van der Waals surface area contributed by atoms with Gasteiger partial charge in [0.25, 0.3) is 5.78 Å². The van der Waals surface area contributed by atoms with E-state index >= 15 is 0 Å². The van der Waals surface area contributed by atoms with Crippen LogP contribution in [0.5, 0.6) is 11.5 Å². The van der Waals surface area contributed by atoms with Gasteiger partial charge in [0.15, 0.2) is 10.9 Å². The van der Waals surface area contributed by atoms with Crippen molar-refractivity contribution in [3.63, 3.8) is 0 Å². The monoisotopic (exact) mass is 526 g/mol. The molecule has 1 aliphatic heterocycles. The van der Waals surface area contributed by atoms with Gasteiger partial charge in [0, 0.05) is 6.20 Å². The smallest absolute Gasteiger partial charge is 0.301 e. The number of carbonyl (C=O) groups excluding carboxylic acids is 2. The lowest BCUT2D eigenvalue weighted by atomic mass is 9.96. The third kappa shape index (κ3) is 3.60. The summed E-state index contributed by atoms with van der Waals surface area (Å²) < 4.78 is 13.1. The fourth-order valence-corrected chi connectivity index (χ4v) is 5.80. The Morgan fingerprint density at radius 1 is 0.974 bits per heavy atom. The van der Waals surface area contributed by atoms with E-state index in [4.69, 9.17) is 9.47 Å². The van der Waals surface area contributed by atoms with E-state index in [1.54, 1.807) is 80.3 Å². The molecule has 4 heterocycles. The molecule has 0 bridgehead atoms. The van der Waals surface area contributed by atoms with Crippen molar-refractivity contribution < 1.29 is 24.2 Å². The molecule has 10 heteroatoms. The number of aliphatic hydroxyl groups excluding tert-OH is 1. The molecule has 2 aromatic carbocycles. The van der Waals surface area contributed by atoms with Crippen molar-refractivity contribution in [2.24, 2.45) is 0 Å². The summed E-state index contributed by atoms with van der Waals surface area (Å²) in [7, 11) is 3.14. The molecule has 0 aliphatic carbocycles. The van der Waals surface area contributed by atoms with Gasteiger partial charge in [-0.25, -0.2) is 9.97 Å². The number of ketones is 1. The van der Waals surface area contributed by atoms with Gasteiger partial charge in [-0.1, -0.05) is 29.5 Å². The zero-order valence-electron chi connectivity index (χ0n) is 20.7. The van der Waals surface area contributed by atoms with Crippen LogP contribution in [0.2, 0.25) is 0 Å². The number of rotatable bonds is 5. The van der Waals surface area contributed by atoms with Gasteiger partial charge in [-0.05, 0) is 55.0 Å². The van der Waals surface area contributed by atoms with Gasteiger partial charge in [0.2, 0.25) is 0 Å². The second-order valence-electron chi connectivity index (χ2n) is 8.75. The number of pyridine rings is 1. The Balaban J connectivity index is 1.59. The van der Waals surface area contributed by atoms with Gasteiger partial charge in [-0.15, -0.1) is 0 Å². The molecule has 1 N–H and O–H groups in total. The molecule has 1 amide bonds. The van der Waals surface area contributed by atoms with Crippen molar-refractivity contribution in [3.05, 3.63) is 89.4 Å². The SMILES string of the molecule is COc1ccc(C2C(=C(O)c3c(C)nc4ccccn34)C(=O)C(=O)N2c2nc3ccc(OC)cc3s2)cc1. The lowest BCUT2D eigenvalue weighted by molar-refractivity contribution is -0.132. The highest BCUT2D eigenvalue weighted by Crippen LogP contribution is 2.45. The summed E-state index contributed by atoms with van der Waals surface area (Å²) in [4.78, 5) is 37.7. The first kappa shape index (κ1) is 23.7. The number of aromatic nitrogens is 3. The topological polar surface area (TPSA) is 106 Å². The van der Waals surface area contributed by atoms with Gasteiger partial charge in [-0.3, -0.25) is 18.9 Å². The second kappa shape index (κ2) is 9.00. The number of amides is 1. The minimum Gasteiger partial charge on any atom is -0.505 e. The van der Waals surface area contributed by atoms with E-state index in [0.29, 0.717) is 44.7 Å². The molecular weight excluding hydrogens is 504 g/mol. The van der Waals surface area contributed by atoms with E-state index < -0.39 is 17.7 Å². The number of benzene rings is 2. The molecule has 3 aromatic heterocycles. The molecule has 0 radical (unpaired) electrons. The van der Waals surface area contributed by atoms with Crippen LogP contribution in [0, 0.1) is 6.92 Å². The van der Waals surface area contributed by atoms with E-state index in [-0.39, 0.29) is 11.3 Å². The third-order valence-corrected chi connectivity index (χ3v) is 7.61. The first-order valence-electron chi connectivity index (χ1n) is 11.7. The summed E-state index contributed by atoms with van der Waals surface area (Å²) in [6.45, 7) is 1.75. The van der Waals surface area contributed by atoms with Gasteiger partial charge in [0.1, 0.15) is 22.8 Å². The molecule has 190 valence electrons. The number of aliphatic hydroxyl groups is 1. The van der Waals surface area contributed by atoms with Gasteiger partial charge in [0.05, 0.1) is 41.7 Å². The maximum Gasteiger partial charge on any atom is 0.301 e. The summed E-state index contributed by atoms with van der Waals surface area (Å²) >= 11 is 1.27. The van der Waals surface area contributed by atoms with E-state index in [1.807, 2.05) is 12.1 Å². The Morgan fingerprint density at radius 2 is 1.71 bits per heavy atom. The van der Waals surface area contributed by atoms with Crippen molar-refractivity contribution in [2.45, 2.75) is 13.0 Å². The van der Waals surface area contributed by atoms with Crippen molar-refractivity contribution in [3.8, 4) is 11.5 Å². The number of carbonyl (C=O) groups is 2. The average molecular weight is 527 g/mol. The summed E-state index contributed by atoms with van der Waals surface area (Å²) in [6, 6.07) is 17.0. The quantitative estimate of drug-likeness (QED) is 0.197. The van der Waals surface area contributed by atoms with E-state index in [9.17, 15) is 14.7 Å². The number of aryl methyl sites for hydroxylation is 1. The number of nitrogens with zero attached hydrogens (tertiary/aromatic N) is 4. The first-order valence-corrected chi connectivity index (χ1v) is 12.6. The van der Waals surface area contributed by atoms with Crippen LogP contribution < -0.4 is 14.4 Å². The lowest BCUT2D eigenvalue weighted by Crippen LogP contribution is -2.29. The van der Waals surface area contributed by atoms with E-state index in [1.165, 1.54) is 16.2 Å². The van der Waals surface area contributed by atoms with Crippen LogP contribution in [0.4, 0.5) is 5.13 Å².